The van der Waals surface area contributed by atoms with Gasteiger partial charge in [0.1, 0.15) is 0 Å². The van der Waals surface area contributed by atoms with Gasteiger partial charge in [-0.25, -0.2) is 4.79 Å². The average molecular weight is 301 g/mol. The monoisotopic (exact) mass is 301 g/mol. The Hall–Kier alpha value is -1.76. The molecule has 1 saturated heterocycles. The predicted octanol–water partition coefficient (Wildman–Crippen LogP) is 2.83. The Morgan fingerprint density at radius 3 is 2.76 bits per heavy atom. The summed E-state index contributed by atoms with van der Waals surface area (Å²) in [6, 6.07) is 4.32. The summed E-state index contributed by atoms with van der Waals surface area (Å²) in [6.07, 6.45) is -2.44. The van der Waals surface area contributed by atoms with E-state index >= 15 is 0 Å². The third-order valence-corrected chi connectivity index (χ3v) is 3.43. The zero-order valence-electron chi connectivity index (χ0n) is 11.5. The molecular weight excluding hydrogens is 283 g/mol. The second-order valence-electron chi connectivity index (χ2n) is 5.09. The zero-order valence-corrected chi connectivity index (χ0v) is 11.5. The fraction of sp³-hybridized carbons (Fsp3) is 0.500. The van der Waals surface area contributed by atoms with Crippen LogP contribution < -0.4 is 16.0 Å². The fourth-order valence-corrected chi connectivity index (χ4v) is 2.34. The van der Waals surface area contributed by atoms with E-state index in [-0.39, 0.29) is 5.69 Å². The van der Waals surface area contributed by atoms with Gasteiger partial charge in [0.25, 0.3) is 0 Å². The summed E-state index contributed by atoms with van der Waals surface area (Å²) >= 11 is 0. The lowest BCUT2D eigenvalue weighted by atomic mass is 10.00. The Bertz CT molecular complexity index is 485. The largest absolute Gasteiger partial charge is 0.418 e. The van der Waals surface area contributed by atoms with E-state index < -0.39 is 17.8 Å². The van der Waals surface area contributed by atoms with Crippen LogP contribution in [0.25, 0.3) is 0 Å². The molecule has 1 aromatic carbocycles. The molecule has 1 fully saturated rings. The number of nitrogens with one attached hydrogen (secondary N) is 3. The van der Waals surface area contributed by atoms with Crippen LogP contribution in [0.4, 0.5) is 23.7 Å². The molecule has 2 amide bonds. The standard InChI is InChI=1S/C14H18F3N3O/c15-14(16,17)11-5-1-2-6-12(11)20-13(21)19-9-10-4-3-7-18-8-10/h1-2,5-6,10,18H,3-4,7-9H2,(H2,19,20,21). The van der Waals surface area contributed by atoms with Crippen molar-refractivity contribution < 1.29 is 18.0 Å². The molecule has 21 heavy (non-hydrogen) atoms. The van der Waals surface area contributed by atoms with Gasteiger partial charge >= 0.3 is 12.2 Å². The van der Waals surface area contributed by atoms with Crippen LogP contribution in [0.1, 0.15) is 18.4 Å². The van der Waals surface area contributed by atoms with Crippen LogP contribution in [-0.4, -0.2) is 25.7 Å². The highest BCUT2D eigenvalue weighted by Crippen LogP contribution is 2.34. The number of hydrogen-bond acceptors (Lipinski definition) is 2. The summed E-state index contributed by atoms with van der Waals surface area (Å²) in [4.78, 5) is 11.7. The summed E-state index contributed by atoms with van der Waals surface area (Å²) < 4.78 is 38.4. The van der Waals surface area contributed by atoms with Crippen LogP contribution in [0.5, 0.6) is 0 Å². The second kappa shape index (κ2) is 6.80. The number of alkyl halides is 3. The van der Waals surface area contributed by atoms with E-state index in [1.807, 2.05) is 0 Å². The van der Waals surface area contributed by atoms with E-state index in [0.29, 0.717) is 12.5 Å². The number of urea groups is 1. The third-order valence-electron chi connectivity index (χ3n) is 3.43. The first-order valence-corrected chi connectivity index (χ1v) is 6.88. The van der Waals surface area contributed by atoms with Gasteiger partial charge in [-0.1, -0.05) is 12.1 Å². The van der Waals surface area contributed by atoms with Gasteiger partial charge in [-0.2, -0.15) is 13.2 Å². The van der Waals surface area contributed by atoms with Crippen molar-refractivity contribution in [2.45, 2.75) is 19.0 Å². The van der Waals surface area contributed by atoms with E-state index in [1.165, 1.54) is 18.2 Å². The van der Waals surface area contributed by atoms with Crippen LogP contribution in [0, 0.1) is 5.92 Å². The van der Waals surface area contributed by atoms with Crippen molar-refractivity contribution >= 4 is 11.7 Å². The van der Waals surface area contributed by atoms with Crippen molar-refractivity contribution in [2.75, 3.05) is 25.0 Å². The summed E-state index contributed by atoms with van der Waals surface area (Å²) in [7, 11) is 0. The quantitative estimate of drug-likeness (QED) is 0.804. The molecule has 1 heterocycles. The van der Waals surface area contributed by atoms with Crippen LogP contribution >= 0.6 is 0 Å². The summed E-state index contributed by atoms with van der Waals surface area (Å²) in [5.41, 5.74) is -1.08. The first-order valence-electron chi connectivity index (χ1n) is 6.88. The highest BCUT2D eigenvalue weighted by atomic mass is 19.4. The average Bonchev–Trinajstić information content (AvgIpc) is 2.46. The van der Waals surface area contributed by atoms with E-state index in [2.05, 4.69) is 16.0 Å². The van der Waals surface area contributed by atoms with Crippen LogP contribution in [0.3, 0.4) is 0 Å². The van der Waals surface area contributed by atoms with Gasteiger partial charge in [0.2, 0.25) is 0 Å². The molecule has 2 rings (SSSR count). The number of benzene rings is 1. The number of para-hydroxylation sites is 1. The van der Waals surface area contributed by atoms with Crippen LogP contribution in [0.15, 0.2) is 24.3 Å². The molecule has 0 saturated carbocycles. The molecule has 1 unspecified atom stereocenters. The van der Waals surface area contributed by atoms with Crippen molar-refractivity contribution in [3.8, 4) is 0 Å². The minimum absolute atomic E-state index is 0.232. The van der Waals surface area contributed by atoms with Crippen molar-refractivity contribution in [2.24, 2.45) is 5.92 Å². The minimum atomic E-state index is -4.49. The molecule has 0 spiro atoms. The van der Waals surface area contributed by atoms with Crippen LogP contribution in [-0.2, 0) is 6.18 Å². The number of carbonyl (C=O) groups excluding carboxylic acids is 1. The molecule has 1 aromatic rings. The Balaban J connectivity index is 1.90. The number of piperidine rings is 1. The molecule has 0 radical (unpaired) electrons. The van der Waals surface area contributed by atoms with E-state index in [0.717, 1.165) is 32.0 Å². The second-order valence-corrected chi connectivity index (χ2v) is 5.09. The summed E-state index contributed by atoms with van der Waals surface area (Å²) in [5, 5.41) is 8.11. The fourth-order valence-electron chi connectivity index (χ4n) is 2.34. The topological polar surface area (TPSA) is 53.2 Å². The molecule has 116 valence electrons. The lowest BCUT2D eigenvalue weighted by Crippen LogP contribution is -2.39. The Labute approximate surface area is 121 Å². The number of carbonyl (C=O) groups is 1. The third kappa shape index (κ3) is 4.63. The Morgan fingerprint density at radius 2 is 2.10 bits per heavy atom. The van der Waals surface area contributed by atoms with Crippen LogP contribution in [0.2, 0.25) is 0 Å². The molecule has 1 atom stereocenters. The summed E-state index contributed by atoms with van der Waals surface area (Å²) in [6.45, 7) is 2.24. The maximum atomic E-state index is 12.8. The predicted molar refractivity (Wildman–Crippen MR) is 74.1 cm³/mol. The molecule has 0 aromatic heterocycles. The van der Waals surface area contributed by atoms with Crippen molar-refractivity contribution in [1.82, 2.24) is 10.6 Å². The normalized spacial score (nSPS) is 19.1. The molecule has 1 aliphatic heterocycles. The van der Waals surface area contributed by atoms with Gasteiger partial charge in [0.05, 0.1) is 11.3 Å². The van der Waals surface area contributed by atoms with E-state index in [4.69, 9.17) is 0 Å². The van der Waals surface area contributed by atoms with Gasteiger partial charge in [-0.05, 0) is 44.0 Å². The van der Waals surface area contributed by atoms with Crippen molar-refractivity contribution in [3.05, 3.63) is 29.8 Å². The number of halogens is 3. The minimum Gasteiger partial charge on any atom is -0.338 e. The SMILES string of the molecule is O=C(NCC1CCCNC1)Nc1ccccc1C(F)(F)F. The molecule has 0 aliphatic carbocycles. The van der Waals surface area contributed by atoms with Gasteiger partial charge < -0.3 is 16.0 Å². The first kappa shape index (κ1) is 15.6. The molecule has 7 heteroatoms. The van der Waals surface area contributed by atoms with E-state index in [9.17, 15) is 18.0 Å². The van der Waals surface area contributed by atoms with Gasteiger partial charge in [-0.15, -0.1) is 0 Å². The molecule has 1 aliphatic rings. The number of amides is 2. The highest BCUT2D eigenvalue weighted by Gasteiger charge is 2.33. The maximum Gasteiger partial charge on any atom is 0.418 e. The Kier molecular flexibility index (Phi) is 5.06. The van der Waals surface area contributed by atoms with Gasteiger partial charge in [0.15, 0.2) is 0 Å². The van der Waals surface area contributed by atoms with Gasteiger partial charge in [-0.3, -0.25) is 0 Å². The number of hydrogen-bond donors (Lipinski definition) is 3. The number of anilines is 1. The van der Waals surface area contributed by atoms with Gasteiger partial charge in [0, 0.05) is 6.54 Å². The lowest BCUT2D eigenvalue weighted by Gasteiger charge is -2.23. The Morgan fingerprint density at radius 1 is 1.33 bits per heavy atom. The zero-order chi connectivity index (χ0) is 15.3. The maximum absolute atomic E-state index is 12.8. The number of rotatable bonds is 3. The molecule has 3 N–H and O–H groups in total. The first-order chi connectivity index (χ1) is 9.97. The highest BCUT2D eigenvalue weighted by molar-refractivity contribution is 5.90. The van der Waals surface area contributed by atoms with Crippen molar-refractivity contribution in [3.63, 3.8) is 0 Å². The summed E-state index contributed by atoms with van der Waals surface area (Å²) in [5.74, 6) is 0.322. The smallest absolute Gasteiger partial charge is 0.338 e. The molecule has 0 bridgehead atoms. The molecular formula is C14H18F3N3O. The van der Waals surface area contributed by atoms with Crippen molar-refractivity contribution in [1.29, 1.82) is 0 Å². The molecule has 4 nitrogen and oxygen atoms in total. The van der Waals surface area contributed by atoms with E-state index in [1.54, 1.807) is 0 Å². The lowest BCUT2D eigenvalue weighted by molar-refractivity contribution is -0.136.